The lowest BCUT2D eigenvalue weighted by atomic mass is 9.89. The second kappa shape index (κ2) is 13.1. The summed E-state index contributed by atoms with van der Waals surface area (Å²) in [6.07, 6.45) is -5.91. The maximum atomic E-state index is 13.5. The van der Waals surface area contributed by atoms with Crippen molar-refractivity contribution < 1.29 is 46.5 Å². The summed E-state index contributed by atoms with van der Waals surface area (Å²) in [5.74, 6) is -5.06. The Bertz CT molecular complexity index is 1060. The third kappa shape index (κ3) is 8.50. The smallest absolute Gasteiger partial charge is 0.475 e. The highest BCUT2D eigenvalue weighted by Gasteiger charge is 2.38. The summed E-state index contributed by atoms with van der Waals surface area (Å²) >= 11 is 0. The van der Waals surface area contributed by atoms with Crippen molar-refractivity contribution in [3.05, 3.63) is 59.9 Å². The Morgan fingerprint density at radius 3 is 2.00 bits per heavy atom. The van der Waals surface area contributed by atoms with Crippen LogP contribution in [0.1, 0.15) is 17.9 Å². The predicted molar refractivity (Wildman–Crippen MR) is 122 cm³/mol. The van der Waals surface area contributed by atoms with Gasteiger partial charge in [0.15, 0.2) is 0 Å². The van der Waals surface area contributed by atoms with Crippen LogP contribution in [-0.4, -0.2) is 77.5 Å². The molecular weight excluding hydrogens is 505 g/mol. The van der Waals surface area contributed by atoms with Gasteiger partial charge in [0.2, 0.25) is 11.8 Å². The summed E-state index contributed by atoms with van der Waals surface area (Å²) in [5, 5.41) is 18.7. The van der Waals surface area contributed by atoms with Crippen LogP contribution in [0.5, 0.6) is 0 Å². The van der Waals surface area contributed by atoms with Crippen LogP contribution in [0.15, 0.2) is 48.5 Å². The van der Waals surface area contributed by atoms with Gasteiger partial charge in [-0.15, -0.1) is 0 Å². The quantitative estimate of drug-likeness (QED) is 0.405. The number of aliphatic hydroxyl groups is 1. The first-order valence-corrected chi connectivity index (χ1v) is 11.1. The van der Waals surface area contributed by atoms with E-state index in [1.807, 2.05) is 0 Å². The van der Waals surface area contributed by atoms with Crippen molar-refractivity contribution in [1.82, 2.24) is 10.2 Å². The Labute approximate surface area is 208 Å². The molecule has 8 nitrogen and oxygen atoms in total. The minimum Gasteiger partial charge on any atom is -0.475 e. The molecule has 1 heterocycles. The van der Waals surface area contributed by atoms with Gasteiger partial charge in [0, 0.05) is 13.1 Å². The topological polar surface area (TPSA) is 133 Å². The molecule has 1 fully saturated rings. The van der Waals surface area contributed by atoms with Crippen LogP contribution in [0.4, 0.5) is 22.0 Å². The van der Waals surface area contributed by atoms with Gasteiger partial charge in [-0.05, 0) is 35.2 Å². The van der Waals surface area contributed by atoms with Crippen LogP contribution in [0.25, 0.3) is 11.1 Å². The van der Waals surface area contributed by atoms with Crippen LogP contribution >= 0.6 is 0 Å². The number of halogens is 5. The lowest BCUT2D eigenvalue weighted by Crippen LogP contribution is -2.50. The molecule has 0 unspecified atom stereocenters. The number of benzene rings is 2. The maximum absolute atomic E-state index is 13.5. The second-order valence-corrected chi connectivity index (χ2v) is 8.12. The van der Waals surface area contributed by atoms with E-state index < -0.39 is 42.1 Å². The van der Waals surface area contributed by atoms with Gasteiger partial charge in [0.1, 0.15) is 18.0 Å². The molecule has 2 amide bonds. The lowest BCUT2D eigenvalue weighted by molar-refractivity contribution is -0.192. The summed E-state index contributed by atoms with van der Waals surface area (Å²) in [4.78, 5) is 35.7. The second-order valence-electron chi connectivity index (χ2n) is 8.12. The third-order valence-electron chi connectivity index (χ3n) is 5.47. The van der Waals surface area contributed by atoms with E-state index in [0.717, 1.165) is 11.1 Å². The maximum Gasteiger partial charge on any atom is 0.490 e. The zero-order valence-corrected chi connectivity index (χ0v) is 19.4. The van der Waals surface area contributed by atoms with Crippen molar-refractivity contribution in [3.63, 3.8) is 0 Å². The molecular formula is C24H26F5N3O5. The van der Waals surface area contributed by atoms with E-state index in [-0.39, 0.29) is 38.5 Å². The molecule has 0 aliphatic carbocycles. The molecule has 37 heavy (non-hydrogen) atoms. The number of carboxylic acids is 1. The number of carbonyl (C=O) groups is 3. The molecule has 0 radical (unpaired) electrons. The molecule has 5 N–H and O–H groups in total. The van der Waals surface area contributed by atoms with Gasteiger partial charge in [-0.1, -0.05) is 36.4 Å². The van der Waals surface area contributed by atoms with Crippen molar-refractivity contribution in [3.8, 4) is 11.1 Å². The predicted octanol–water partition coefficient (Wildman–Crippen LogP) is 2.22. The molecule has 3 atom stereocenters. The molecule has 0 saturated carbocycles. The molecule has 202 valence electrons. The molecule has 1 saturated heterocycles. The summed E-state index contributed by atoms with van der Waals surface area (Å²) in [5.41, 5.74) is 8.31. The van der Waals surface area contributed by atoms with Crippen molar-refractivity contribution in [2.45, 2.75) is 30.7 Å². The lowest BCUT2D eigenvalue weighted by Gasteiger charge is -2.27. The highest BCUT2D eigenvalue weighted by Crippen LogP contribution is 2.26. The Balaban J connectivity index is 0.000000604. The Hall–Kier alpha value is -3.58. The van der Waals surface area contributed by atoms with E-state index in [2.05, 4.69) is 5.32 Å². The minimum absolute atomic E-state index is 0.0268. The van der Waals surface area contributed by atoms with Gasteiger partial charge < -0.3 is 26.2 Å². The number of nitrogens with one attached hydrogen (secondary N) is 1. The van der Waals surface area contributed by atoms with Crippen LogP contribution < -0.4 is 11.1 Å². The zero-order valence-electron chi connectivity index (χ0n) is 19.4. The molecule has 2 aromatic rings. The first-order chi connectivity index (χ1) is 17.3. The number of aliphatic carboxylic acids is 1. The summed E-state index contributed by atoms with van der Waals surface area (Å²) in [6.45, 7) is 0.0180. The number of nitrogens with two attached hydrogens (primary N) is 1. The van der Waals surface area contributed by atoms with Crippen molar-refractivity contribution in [1.29, 1.82) is 0 Å². The van der Waals surface area contributed by atoms with E-state index >= 15 is 0 Å². The first kappa shape index (κ1) is 29.6. The average Bonchev–Trinajstić information content (AvgIpc) is 3.29. The highest BCUT2D eigenvalue weighted by atomic mass is 19.4. The van der Waals surface area contributed by atoms with E-state index in [0.29, 0.717) is 5.56 Å². The average molecular weight is 531 g/mol. The largest absolute Gasteiger partial charge is 0.490 e. The summed E-state index contributed by atoms with van der Waals surface area (Å²) in [6, 6.07) is 11.7. The van der Waals surface area contributed by atoms with E-state index in [1.54, 1.807) is 36.4 Å². The number of alkyl halides is 4. The third-order valence-corrected chi connectivity index (χ3v) is 5.47. The first-order valence-electron chi connectivity index (χ1n) is 11.1. The number of hydrogen-bond donors (Lipinski definition) is 4. The molecule has 2 aromatic carbocycles. The van der Waals surface area contributed by atoms with E-state index in [4.69, 9.17) is 20.7 Å². The van der Waals surface area contributed by atoms with E-state index in [9.17, 15) is 31.5 Å². The molecule has 0 spiro atoms. The molecule has 0 bridgehead atoms. The Morgan fingerprint density at radius 2 is 1.57 bits per heavy atom. The van der Waals surface area contributed by atoms with Gasteiger partial charge >= 0.3 is 12.1 Å². The Morgan fingerprint density at radius 1 is 1.05 bits per heavy atom. The Kier molecular flexibility index (Phi) is 10.5. The standard InChI is InChI=1S/C22H25F2N3O3.C2HF3O2/c23-17-7-5-15(6-8-17)14-1-3-16(4-2-14)19(21(29)26-10-12-28)20(25)22(30)27-11-9-18(24)13-27;3-2(4,5)1(6)7/h1-8,18-20,28H,9-13,25H2,(H,26,29);(H,6,7)/t18-,19-,20-;/m0./s1. The monoisotopic (exact) mass is 531 g/mol. The van der Waals surface area contributed by atoms with Crippen molar-refractivity contribution >= 4 is 17.8 Å². The normalized spacial score (nSPS) is 16.8. The van der Waals surface area contributed by atoms with Crippen molar-refractivity contribution in [2.24, 2.45) is 5.73 Å². The van der Waals surface area contributed by atoms with Crippen LogP contribution in [0.2, 0.25) is 0 Å². The number of nitrogens with zero attached hydrogens (tertiary/aromatic N) is 1. The summed E-state index contributed by atoms with van der Waals surface area (Å²) < 4.78 is 58.4. The molecule has 0 aromatic heterocycles. The number of aliphatic hydroxyl groups excluding tert-OH is 1. The van der Waals surface area contributed by atoms with Gasteiger partial charge in [0.05, 0.1) is 19.1 Å². The molecule has 1 aliphatic rings. The SMILES string of the molecule is N[C@H](C(=O)N1CC[C@H](F)C1)[C@@H](C(=O)NCCO)c1ccc(-c2ccc(F)cc2)cc1.O=C(O)C(F)(F)F. The number of rotatable bonds is 7. The number of amides is 2. The zero-order chi connectivity index (χ0) is 27.8. The van der Waals surface area contributed by atoms with Gasteiger partial charge in [-0.2, -0.15) is 13.2 Å². The van der Waals surface area contributed by atoms with Crippen LogP contribution in [0.3, 0.4) is 0 Å². The van der Waals surface area contributed by atoms with E-state index in [1.165, 1.54) is 17.0 Å². The van der Waals surface area contributed by atoms with Crippen LogP contribution in [-0.2, 0) is 14.4 Å². The highest BCUT2D eigenvalue weighted by molar-refractivity contribution is 5.93. The number of carboxylic acid groups (broad SMARTS) is 1. The van der Waals surface area contributed by atoms with Gasteiger partial charge in [-0.25, -0.2) is 13.6 Å². The molecule has 3 rings (SSSR count). The molecule has 13 heteroatoms. The number of likely N-dealkylation sites (tertiary alicyclic amines) is 1. The summed E-state index contributed by atoms with van der Waals surface area (Å²) in [7, 11) is 0. The van der Waals surface area contributed by atoms with Gasteiger partial charge in [-0.3, -0.25) is 9.59 Å². The number of hydrogen-bond acceptors (Lipinski definition) is 5. The minimum atomic E-state index is -5.08. The number of carbonyl (C=O) groups excluding carboxylic acids is 2. The molecule has 1 aliphatic heterocycles. The fourth-order valence-electron chi connectivity index (χ4n) is 3.61. The van der Waals surface area contributed by atoms with Crippen LogP contribution in [0, 0.1) is 5.82 Å². The van der Waals surface area contributed by atoms with Gasteiger partial charge in [0.25, 0.3) is 0 Å². The van der Waals surface area contributed by atoms with Crippen molar-refractivity contribution in [2.75, 3.05) is 26.2 Å². The fourth-order valence-corrected chi connectivity index (χ4v) is 3.61. The fraction of sp³-hybridized carbons (Fsp3) is 0.375.